The van der Waals surface area contributed by atoms with Crippen molar-refractivity contribution in [2.24, 2.45) is 0 Å². The minimum absolute atomic E-state index is 0.103. The number of aromatic nitrogens is 2. The topological polar surface area (TPSA) is 68.0 Å². The van der Waals surface area contributed by atoms with Gasteiger partial charge in [0.2, 0.25) is 6.39 Å². The second-order valence-corrected chi connectivity index (χ2v) is 4.45. The fraction of sp³-hybridized carbons (Fsp3) is 0.222. The summed E-state index contributed by atoms with van der Waals surface area (Å²) in [4.78, 5) is 16.9. The Bertz CT molecular complexity index is 467. The molecule has 0 bridgehead atoms. The molecule has 2 aromatic heterocycles. The maximum absolute atomic E-state index is 11.6. The zero-order chi connectivity index (χ0) is 11.4. The Balaban J connectivity index is 1.80. The summed E-state index contributed by atoms with van der Waals surface area (Å²) in [5, 5.41) is 8.23. The summed E-state index contributed by atoms with van der Waals surface area (Å²) in [5.41, 5.74) is 0. The fourth-order valence-electron chi connectivity index (χ4n) is 1.12. The molecule has 0 saturated carbocycles. The van der Waals surface area contributed by atoms with Gasteiger partial charge in [-0.3, -0.25) is 4.79 Å². The second-order valence-electron chi connectivity index (χ2n) is 3.02. The van der Waals surface area contributed by atoms with E-state index in [1.54, 1.807) is 6.07 Å². The van der Waals surface area contributed by atoms with E-state index in [0.717, 1.165) is 4.90 Å². The molecule has 0 aliphatic rings. The molecule has 2 aromatic rings. The highest BCUT2D eigenvalue weighted by Gasteiger charge is 2.07. The maximum atomic E-state index is 11.6. The second kappa shape index (κ2) is 5.13. The summed E-state index contributed by atoms with van der Waals surface area (Å²) in [5.74, 6) is 0.482. The van der Waals surface area contributed by atoms with Gasteiger partial charge in [-0.25, -0.2) is 0 Å². The SMILES string of the molecule is O=C(NCCc1ncon1)c1cc(S)cs1. The molecule has 0 aromatic carbocycles. The maximum Gasteiger partial charge on any atom is 0.261 e. The van der Waals surface area contributed by atoms with E-state index in [1.165, 1.54) is 17.7 Å². The van der Waals surface area contributed by atoms with Crippen molar-refractivity contribution < 1.29 is 9.32 Å². The molecule has 2 heterocycles. The van der Waals surface area contributed by atoms with Gasteiger partial charge in [-0.15, -0.1) is 24.0 Å². The number of thiol groups is 1. The van der Waals surface area contributed by atoms with Crippen LogP contribution in [0.2, 0.25) is 0 Å². The number of rotatable bonds is 4. The number of nitrogens with one attached hydrogen (secondary N) is 1. The highest BCUT2D eigenvalue weighted by atomic mass is 32.1. The van der Waals surface area contributed by atoms with Crippen LogP contribution in [0.1, 0.15) is 15.5 Å². The number of hydrogen-bond acceptors (Lipinski definition) is 6. The van der Waals surface area contributed by atoms with E-state index in [1.807, 2.05) is 5.38 Å². The van der Waals surface area contributed by atoms with Gasteiger partial charge in [0.15, 0.2) is 5.82 Å². The fourth-order valence-corrected chi connectivity index (χ4v) is 2.19. The third kappa shape index (κ3) is 2.83. The van der Waals surface area contributed by atoms with E-state index < -0.39 is 0 Å². The molecule has 1 N–H and O–H groups in total. The number of thiophene rings is 1. The molecule has 84 valence electrons. The Kier molecular flexibility index (Phi) is 3.58. The highest BCUT2D eigenvalue weighted by molar-refractivity contribution is 7.80. The summed E-state index contributed by atoms with van der Waals surface area (Å²) in [7, 11) is 0. The van der Waals surface area contributed by atoms with Crippen molar-refractivity contribution in [3.63, 3.8) is 0 Å². The lowest BCUT2D eigenvalue weighted by Crippen LogP contribution is -2.25. The van der Waals surface area contributed by atoms with E-state index in [-0.39, 0.29) is 5.91 Å². The zero-order valence-electron chi connectivity index (χ0n) is 8.21. The molecule has 5 nitrogen and oxygen atoms in total. The normalized spacial score (nSPS) is 10.3. The predicted molar refractivity (Wildman–Crippen MR) is 61.9 cm³/mol. The zero-order valence-corrected chi connectivity index (χ0v) is 9.92. The molecule has 0 spiro atoms. The lowest BCUT2D eigenvalue weighted by atomic mass is 10.4. The number of amides is 1. The molecule has 0 unspecified atom stereocenters. The van der Waals surface area contributed by atoms with Gasteiger partial charge in [0, 0.05) is 23.2 Å². The molecule has 1 amide bonds. The van der Waals surface area contributed by atoms with Crippen LogP contribution in [0.15, 0.2) is 27.3 Å². The van der Waals surface area contributed by atoms with Crippen LogP contribution in [0.25, 0.3) is 0 Å². The molecule has 16 heavy (non-hydrogen) atoms. The Morgan fingerprint density at radius 3 is 3.12 bits per heavy atom. The molecule has 2 rings (SSSR count). The van der Waals surface area contributed by atoms with Crippen molar-refractivity contribution >= 4 is 29.9 Å². The molecular formula is C9H9N3O2S2. The first-order chi connectivity index (χ1) is 7.75. The van der Waals surface area contributed by atoms with Crippen LogP contribution in [-0.2, 0) is 6.42 Å². The summed E-state index contributed by atoms with van der Waals surface area (Å²) in [6, 6.07) is 1.73. The van der Waals surface area contributed by atoms with Crippen molar-refractivity contribution in [3.05, 3.63) is 28.5 Å². The summed E-state index contributed by atoms with van der Waals surface area (Å²) < 4.78 is 4.58. The van der Waals surface area contributed by atoms with Crippen LogP contribution < -0.4 is 5.32 Å². The molecule has 0 aliphatic heterocycles. The summed E-state index contributed by atoms with van der Waals surface area (Å²) in [6.07, 6.45) is 1.82. The quantitative estimate of drug-likeness (QED) is 0.810. The Morgan fingerprint density at radius 2 is 2.50 bits per heavy atom. The minimum atomic E-state index is -0.103. The molecule has 0 radical (unpaired) electrons. The van der Waals surface area contributed by atoms with Crippen molar-refractivity contribution in [2.75, 3.05) is 6.54 Å². The lowest BCUT2D eigenvalue weighted by molar-refractivity contribution is 0.0958. The first-order valence-electron chi connectivity index (χ1n) is 4.56. The van der Waals surface area contributed by atoms with Gasteiger partial charge in [-0.05, 0) is 6.07 Å². The molecule has 7 heteroatoms. The van der Waals surface area contributed by atoms with Gasteiger partial charge in [0.25, 0.3) is 5.91 Å². The van der Waals surface area contributed by atoms with Gasteiger partial charge in [-0.2, -0.15) is 4.98 Å². The smallest absolute Gasteiger partial charge is 0.261 e. The van der Waals surface area contributed by atoms with Gasteiger partial charge >= 0.3 is 0 Å². The average molecular weight is 255 g/mol. The molecule has 0 atom stereocenters. The highest BCUT2D eigenvalue weighted by Crippen LogP contribution is 2.17. The van der Waals surface area contributed by atoms with Crippen molar-refractivity contribution in [3.8, 4) is 0 Å². The third-order valence-electron chi connectivity index (χ3n) is 1.85. The number of hydrogen-bond donors (Lipinski definition) is 2. The van der Waals surface area contributed by atoms with Crippen LogP contribution >= 0.6 is 24.0 Å². The van der Waals surface area contributed by atoms with Crippen LogP contribution in [-0.4, -0.2) is 22.6 Å². The van der Waals surface area contributed by atoms with E-state index in [9.17, 15) is 4.79 Å². The summed E-state index contributed by atoms with van der Waals surface area (Å²) in [6.45, 7) is 0.484. The summed E-state index contributed by atoms with van der Waals surface area (Å²) >= 11 is 5.50. The Morgan fingerprint density at radius 1 is 1.62 bits per heavy atom. The van der Waals surface area contributed by atoms with Gasteiger partial charge in [0.05, 0.1) is 4.88 Å². The van der Waals surface area contributed by atoms with Gasteiger partial charge in [0.1, 0.15) is 0 Å². The monoisotopic (exact) mass is 255 g/mol. The number of carbonyl (C=O) groups excluding carboxylic acids is 1. The van der Waals surface area contributed by atoms with Crippen molar-refractivity contribution in [1.29, 1.82) is 0 Å². The predicted octanol–water partition coefficient (Wildman–Crippen LogP) is 1.39. The molecule has 0 aliphatic carbocycles. The van der Waals surface area contributed by atoms with Crippen LogP contribution in [0.5, 0.6) is 0 Å². The molecule has 0 saturated heterocycles. The van der Waals surface area contributed by atoms with Gasteiger partial charge < -0.3 is 9.84 Å². The molecule has 0 fully saturated rings. The van der Waals surface area contributed by atoms with Gasteiger partial charge in [-0.1, -0.05) is 5.16 Å². The van der Waals surface area contributed by atoms with Crippen molar-refractivity contribution in [2.45, 2.75) is 11.3 Å². The van der Waals surface area contributed by atoms with Crippen molar-refractivity contribution in [1.82, 2.24) is 15.5 Å². The average Bonchev–Trinajstić information content (AvgIpc) is 2.89. The number of nitrogens with zero attached hydrogens (tertiary/aromatic N) is 2. The van der Waals surface area contributed by atoms with E-state index in [0.29, 0.717) is 23.7 Å². The van der Waals surface area contributed by atoms with E-state index in [2.05, 4.69) is 32.6 Å². The van der Waals surface area contributed by atoms with Crippen LogP contribution in [0.4, 0.5) is 0 Å². The first-order valence-corrected chi connectivity index (χ1v) is 5.89. The largest absolute Gasteiger partial charge is 0.351 e. The standard InChI is InChI=1S/C9H9N3O2S2/c13-9(7-3-6(15)4-16-7)10-2-1-8-11-5-14-12-8/h3-5,15H,1-2H2,(H,10,13). The van der Waals surface area contributed by atoms with E-state index >= 15 is 0 Å². The third-order valence-corrected chi connectivity index (χ3v) is 3.21. The molecular weight excluding hydrogens is 246 g/mol. The first kappa shape index (κ1) is 11.2. The number of carbonyl (C=O) groups is 1. The van der Waals surface area contributed by atoms with E-state index in [4.69, 9.17) is 0 Å². The van der Waals surface area contributed by atoms with Crippen LogP contribution in [0.3, 0.4) is 0 Å². The minimum Gasteiger partial charge on any atom is -0.351 e. The Hall–Kier alpha value is -1.34. The van der Waals surface area contributed by atoms with Crippen LogP contribution in [0, 0.1) is 0 Å². The Labute approximate surface area is 101 Å². The lowest BCUT2D eigenvalue weighted by Gasteiger charge is -2.00.